The van der Waals surface area contributed by atoms with E-state index in [9.17, 15) is 13.2 Å². The number of sulfonamides is 1. The molecule has 34 heavy (non-hydrogen) atoms. The third-order valence-electron chi connectivity index (χ3n) is 6.13. The highest BCUT2D eigenvalue weighted by Gasteiger charge is 2.38. The van der Waals surface area contributed by atoms with Crippen LogP contribution in [0.1, 0.15) is 11.5 Å². The Hall–Kier alpha value is -3.29. The van der Waals surface area contributed by atoms with Gasteiger partial charge in [-0.2, -0.15) is 9.40 Å². The molecule has 2 aliphatic heterocycles. The fraction of sp³-hybridized carbons (Fsp3) is 0.429. The van der Waals surface area contributed by atoms with Gasteiger partial charge in [0, 0.05) is 32.2 Å². The van der Waals surface area contributed by atoms with Gasteiger partial charge in [-0.25, -0.2) is 18.1 Å². The highest BCUT2D eigenvalue weighted by molar-refractivity contribution is 7.89. The van der Waals surface area contributed by atoms with E-state index in [1.165, 1.54) is 10.6 Å². The van der Waals surface area contributed by atoms with Crippen LogP contribution in [0.25, 0.3) is 11.4 Å². The summed E-state index contributed by atoms with van der Waals surface area (Å²) in [6.07, 6.45) is 1.46. The van der Waals surface area contributed by atoms with Crippen LogP contribution in [-0.4, -0.2) is 82.3 Å². The average Bonchev–Trinajstić information content (AvgIpc) is 3.38. The predicted molar refractivity (Wildman–Crippen MR) is 121 cm³/mol. The monoisotopic (exact) mass is 487 g/mol. The van der Waals surface area contributed by atoms with Crippen LogP contribution >= 0.6 is 0 Å². The van der Waals surface area contributed by atoms with Gasteiger partial charge in [-0.05, 0) is 32.0 Å². The minimum absolute atomic E-state index is 0.101. The van der Waals surface area contributed by atoms with Crippen molar-refractivity contribution in [3.8, 4) is 17.1 Å². The van der Waals surface area contributed by atoms with Gasteiger partial charge in [0.25, 0.3) is 0 Å². The van der Waals surface area contributed by atoms with Crippen LogP contribution < -0.4 is 10.1 Å². The Balaban J connectivity index is 1.40. The second-order valence-corrected chi connectivity index (χ2v) is 10.3. The highest BCUT2D eigenvalue weighted by Crippen LogP contribution is 2.32. The van der Waals surface area contributed by atoms with Crippen molar-refractivity contribution in [1.82, 2.24) is 29.1 Å². The lowest BCUT2D eigenvalue weighted by Crippen LogP contribution is -2.57. The number of carbonyl (C=O) groups excluding carboxylic acids is 1. The number of nitrogens with zero attached hydrogens (tertiary/aromatic N) is 6. The third-order valence-corrected chi connectivity index (χ3v) is 8.24. The van der Waals surface area contributed by atoms with Crippen molar-refractivity contribution in [2.24, 2.45) is 7.05 Å². The summed E-state index contributed by atoms with van der Waals surface area (Å²) in [6.45, 7) is 4.37. The number of ether oxygens (including phenoxy) is 1. The second kappa shape index (κ2) is 8.49. The van der Waals surface area contributed by atoms with Crippen molar-refractivity contribution in [2.45, 2.75) is 24.8 Å². The maximum Gasteiger partial charge on any atom is 0.248 e. The van der Waals surface area contributed by atoms with Crippen molar-refractivity contribution in [3.63, 3.8) is 0 Å². The quantitative estimate of drug-likeness (QED) is 0.569. The minimum atomic E-state index is -3.79. The number of anilines is 1. The van der Waals surface area contributed by atoms with E-state index in [0.29, 0.717) is 29.5 Å². The molecule has 0 unspecified atom stereocenters. The number of piperazine rings is 1. The number of hydrogen-bond acceptors (Lipinski definition) is 9. The summed E-state index contributed by atoms with van der Waals surface area (Å²) in [4.78, 5) is 19.1. The van der Waals surface area contributed by atoms with E-state index in [0.717, 1.165) is 5.56 Å². The van der Waals surface area contributed by atoms with E-state index in [1.54, 1.807) is 37.7 Å². The number of aryl methyl sites for hydroxylation is 3. The maximum atomic E-state index is 13.3. The third kappa shape index (κ3) is 3.95. The lowest BCUT2D eigenvalue weighted by molar-refractivity contribution is -0.118. The fourth-order valence-electron chi connectivity index (χ4n) is 4.43. The lowest BCUT2D eigenvalue weighted by Gasteiger charge is -2.39. The summed E-state index contributed by atoms with van der Waals surface area (Å²) in [5.41, 5.74) is 1.65. The molecule has 13 heteroatoms. The van der Waals surface area contributed by atoms with Crippen LogP contribution in [0, 0.1) is 13.8 Å². The van der Waals surface area contributed by atoms with Gasteiger partial charge < -0.3 is 14.6 Å². The average molecular weight is 488 g/mol. The van der Waals surface area contributed by atoms with Crippen molar-refractivity contribution in [3.05, 3.63) is 36.0 Å². The summed E-state index contributed by atoms with van der Waals surface area (Å²) in [5.74, 6) is 1.23. The molecule has 0 bridgehead atoms. The number of nitrogens with one attached hydrogen (secondary N) is 1. The molecule has 3 aromatic rings. The van der Waals surface area contributed by atoms with Crippen LogP contribution in [0.4, 0.5) is 5.69 Å². The van der Waals surface area contributed by atoms with Gasteiger partial charge in [0.1, 0.15) is 29.3 Å². The first-order valence-electron chi connectivity index (χ1n) is 10.8. The van der Waals surface area contributed by atoms with Gasteiger partial charge in [-0.15, -0.1) is 0 Å². The zero-order chi connectivity index (χ0) is 24.0. The Bertz CT molecular complexity index is 1330. The Morgan fingerprint density at radius 3 is 2.74 bits per heavy atom. The molecule has 1 saturated heterocycles. The van der Waals surface area contributed by atoms with Gasteiger partial charge >= 0.3 is 0 Å². The normalized spacial score (nSPS) is 19.9. The van der Waals surface area contributed by atoms with E-state index in [-0.39, 0.29) is 48.8 Å². The topological polar surface area (TPSA) is 136 Å². The van der Waals surface area contributed by atoms with E-state index < -0.39 is 10.0 Å². The molecule has 2 aromatic heterocycles. The fourth-order valence-corrected chi connectivity index (χ4v) is 6.19. The van der Waals surface area contributed by atoms with Crippen LogP contribution in [0.5, 0.6) is 5.75 Å². The van der Waals surface area contributed by atoms with E-state index >= 15 is 0 Å². The molecule has 0 spiro atoms. The first kappa shape index (κ1) is 22.5. The van der Waals surface area contributed by atoms with Gasteiger partial charge in [0.05, 0.1) is 18.3 Å². The van der Waals surface area contributed by atoms with Gasteiger partial charge in [-0.3, -0.25) is 9.69 Å². The van der Waals surface area contributed by atoms with Gasteiger partial charge in [0.15, 0.2) is 11.6 Å². The molecule has 2 aliphatic rings. The number of rotatable bonds is 3. The van der Waals surface area contributed by atoms with E-state index in [2.05, 4.69) is 20.6 Å². The molecule has 5 rings (SSSR count). The zero-order valence-corrected chi connectivity index (χ0v) is 19.9. The number of aromatic nitrogens is 4. The Morgan fingerprint density at radius 1 is 1.21 bits per heavy atom. The minimum Gasteiger partial charge on any atom is -0.490 e. The second-order valence-electron chi connectivity index (χ2n) is 8.42. The summed E-state index contributed by atoms with van der Waals surface area (Å²) in [5, 5.41) is 10.8. The van der Waals surface area contributed by atoms with E-state index in [4.69, 9.17) is 9.26 Å². The number of amides is 1. The molecule has 1 N–H and O–H groups in total. The molecule has 0 radical (unpaired) electrons. The molecule has 4 heterocycles. The maximum absolute atomic E-state index is 13.3. The summed E-state index contributed by atoms with van der Waals surface area (Å²) in [7, 11) is -2.00. The van der Waals surface area contributed by atoms with Gasteiger partial charge in [-0.1, -0.05) is 5.16 Å². The van der Waals surface area contributed by atoms with Gasteiger partial charge in [0.2, 0.25) is 15.9 Å². The molecule has 12 nitrogen and oxygen atoms in total. The highest BCUT2D eigenvalue weighted by atomic mass is 32.2. The molecule has 1 amide bonds. The molecular formula is C21H25N7O5S. The Morgan fingerprint density at radius 2 is 2.03 bits per heavy atom. The Kier molecular flexibility index (Phi) is 5.62. The largest absolute Gasteiger partial charge is 0.490 e. The number of carbonyl (C=O) groups is 1. The van der Waals surface area contributed by atoms with Crippen molar-refractivity contribution < 1.29 is 22.5 Å². The number of benzene rings is 1. The number of fused-ring (bicyclic) bond motifs is 2. The van der Waals surface area contributed by atoms with Crippen LogP contribution in [0.15, 0.2) is 33.9 Å². The van der Waals surface area contributed by atoms with Crippen molar-refractivity contribution in [2.75, 3.05) is 38.1 Å². The summed E-state index contributed by atoms with van der Waals surface area (Å²) < 4.78 is 40.8. The molecule has 0 saturated carbocycles. The number of hydrogen-bond donors (Lipinski definition) is 1. The van der Waals surface area contributed by atoms with Crippen LogP contribution in [0.2, 0.25) is 0 Å². The SMILES string of the molecule is Cc1noc(C)c1S(=O)(=O)N1CCN2CC(=O)Nc3cc(-c4ncnn4C)ccc3OC[C@H]2C1. The molecule has 0 aliphatic carbocycles. The lowest BCUT2D eigenvalue weighted by atomic mass is 10.1. The first-order chi connectivity index (χ1) is 16.2. The molecule has 1 aromatic carbocycles. The molecule has 180 valence electrons. The first-order valence-corrected chi connectivity index (χ1v) is 12.3. The summed E-state index contributed by atoms with van der Waals surface area (Å²) in [6, 6.07) is 5.12. The predicted octanol–water partition coefficient (Wildman–Crippen LogP) is 0.793. The van der Waals surface area contributed by atoms with Crippen molar-refractivity contribution in [1.29, 1.82) is 0 Å². The van der Waals surface area contributed by atoms with Crippen LogP contribution in [0.3, 0.4) is 0 Å². The smallest absolute Gasteiger partial charge is 0.248 e. The van der Waals surface area contributed by atoms with E-state index in [1.807, 2.05) is 11.0 Å². The zero-order valence-electron chi connectivity index (χ0n) is 19.1. The standard InChI is InChI=1S/C21H25N7O5S/c1-13-20(14(2)33-25-13)34(30,31)28-7-6-27-10-19(29)24-17-8-15(21-22-12-23-26(21)3)4-5-18(17)32-11-16(27)9-28/h4-5,8,12,16H,6-7,9-11H2,1-3H3,(H,24,29)/t16-/m1/s1. The van der Waals surface area contributed by atoms with Crippen LogP contribution in [-0.2, 0) is 21.9 Å². The van der Waals surface area contributed by atoms with Crippen molar-refractivity contribution >= 4 is 21.6 Å². The Labute approximate surface area is 196 Å². The molecule has 1 fully saturated rings. The molecule has 1 atom stereocenters. The summed E-state index contributed by atoms with van der Waals surface area (Å²) >= 11 is 0. The molecular weight excluding hydrogens is 462 g/mol.